The van der Waals surface area contributed by atoms with Crippen molar-refractivity contribution in [1.82, 2.24) is 31.3 Å². The van der Waals surface area contributed by atoms with Gasteiger partial charge in [0.15, 0.2) is 23.3 Å². The molecule has 19 heteroatoms. The third kappa shape index (κ3) is 15.6. The molecule has 2 amide bonds. The second-order valence-electron chi connectivity index (χ2n) is 13.6. The van der Waals surface area contributed by atoms with E-state index < -0.39 is 30.3 Å². The first kappa shape index (κ1) is 45.9. The third-order valence-electron chi connectivity index (χ3n) is 9.24. The van der Waals surface area contributed by atoms with Crippen molar-refractivity contribution < 1.29 is 30.0 Å². The van der Waals surface area contributed by atoms with Crippen molar-refractivity contribution in [2.24, 2.45) is 27.5 Å². The van der Waals surface area contributed by atoms with Crippen LogP contribution in [-0.4, -0.2) is 105 Å². The Labute approximate surface area is 332 Å². The molecule has 0 fully saturated rings. The van der Waals surface area contributed by atoms with E-state index in [-0.39, 0.29) is 61.0 Å². The zero-order valence-corrected chi connectivity index (χ0v) is 32.4. The summed E-state index contributed by atoms with van der Waals surface area (Å²) in [6.45, 7) is 2.36. The molecule has 0 radical (unpaired) electrons. The summed E-state index contributed by atoms with van der Waals surface area (Å²) >= 11 is 0. The number of carbonyl (C=O) groups is 2. The van der Waals surface area contributed by atoms with Gasteiger partial charge in [0, 0.05) is 26.1 Å². The maximum atomic E-state index is 12.9. The van der Waals surface area contributed by atoms with Gasteiger partial charge in [-0.15, -0.1) is 0 Å². The lowest BCUT2D eigenvalue weighted by Gasteiger charge is -2.23. The second-order valence-corrected chi connectivity index (χ2v) is 13.6. The number of amides is 2. The Balaban J connectivity index is 1.37. The number of benzene rings is 2. The number of nitrogens with one attached hydrogen (secondary N) is 4. The number of amidine groups is 1. The number of hydrogen-bond acceptors (Lipinski definition) is 15. The number of aryl methyl sites for hydroxylation is 3. The zero-order valence-electron chi connectivity index (χ0n) is 32.4. The van der Waals surface area contributed by atoms with Gasteiger partial charge in [-0.2, -0.15) is 5.10 Å². The third-order valence-corrected chi connectivity index (χ3v) is 9.24. The Hall–Kier alpha value is -5.44. The summed E-state index contributed by atoms with van der Waals surface area (Å²) in [6, 6.07) is 15.9. The molecule has 4 unspecified atom stereocenters. The number of aliphatic hydroxyl groups is 4. The first-order valence-electron chi connectivity index (χ1n) is 18.9. The van der Waals surface area contributed by atoms with Crippen LogP contribution in [0.3, 0.4) is 0 Å². The van der Waals surface area contributed by atoms with Gasteiger partial charge in [-0.05, 0) is 87.1 Å². The molecule has 0 bridgehead atoms. The Morgan fingerprint density at radius 3 is 2.11 bits per heavy atom. The summed E-state index contributed by atoms with van der Waals surface area (Å²) in [7, 11) is 0. The van der Waals surface area contributed by atoms with Gasteiger partial charge < -0.3 is 59.5 Å². The van der Waals surface area contributed by atoms with Gasteiger partial charge in [-0.3, -0.25) is 19.9 Å². The number of guanidine groups is 1. The molecule has 57 heavy (non-hydrogen) atoms. The number of hydrazone groups is 1. The summed E-state index contributed by atoms with van der Waals surface area (Å²) in [5, 5.41) is 50.7. The molecule has 1 heterocycles. The fourth-order valence-electron chi connectivity index (χ4n) is 5.85. The smallest absolute Gasteiger partial charge is 0.280 e. The Morgan fingerprint density at radius 1 is 0.842 bits per heavy atom. The molecule has 1 aromatic heterocycles. The average Bonchev–Trinajstić information content (AvgIpc) is 3.20. The van der Waals surface area contributed by atoms with Crippen molar-refractivity contribution in [3.63, 3.8) is 0 Å². The summed E-state index contributed by atoms with van der Waals surface area (Å²) in [6.07, 6.45) is 1.35. The Morgan fingerprint density at radius 2 is 1.49 bits per heavy atom. The molecule has 0 aliphatic carbocycles. The summed E-state index contributed by atoms with van der Waals surface area (Å²) < 4.78 is 0. The summed E-state index contributed by atoms with van der Waals surface area (Å²) in [4.78, 5) is 37.5. The maximum Gasteiger partial charge on any atom is 0.280 e. The van der Waals surface area contributed by atoms with Crippen LogP contribution >= 0.6 is 0 Å². The molecule has 2 aromatic carbocycles. The van der Waals surface area contributed by atoms with Crippen LogP contribution in [0.25, 0.3) is 11.1 Å². The number of nitrogens with zero attached hydrogens (tertiary/aromatic N) is 4. The lowest BCUT2D eigenvalue weighted by molar-refractivity contribution is -0.121. The number of nitrogens with two attached hydrogens (primary N) is 5. The number of carbonyl (C=O) groups excluding carboxylic acids is 2. The van der Waals surface area contributed by atoms with Crippen molar-refractivity contribution in [3.8, 4) is 11.1 Å². The Bertz CT molecular complexity index is 1760. The highest BCUT2D eigenvalue weighted by Crippen LogP contribution is 2.22. The van der Waals surface area contributed by atoms with E-state index in [0.717, 1.165) is 36.0 Å². The fraction of sp³-hybridized carbons (Fsp3) is 0.474. The maximum absolute atomic E-state index is 12.9. The summed E-state index contributed by atoms with van der Waals surface area (Å²) in [5.74, 6) is 10.6. The average molecular weight is 794 g/mol. The lowest BCUT2D eigenvalue weighted by atomic mass is 9.99. The molecule has 0 saturated heterocycles. The van der Waals surface area contributed by atoms with E-state index in [2.05, 4.69) is 65.7 Å². The van der Waals surface area contributed by atoms with Gasteiger partial charge >= 0.3 is 0 Å². The van der Waals surface area contributed by atoms with Gasteiger partial charge in [0.25, 0.3) is 5.91 Å². The molecule has 0 aliphatic rings. The number of nitrogen functional groups attached to an aromatic ring is 2. The fourth-order valence-corrected chi connectivity index (χ4v) is 5.85. The Kier molecular flexibility index (Phi) is 19.5. The quantitative estimate of drug-likeness (QED) is 0.0181. The van der Waals surface area contributed by atoms with Crippen LogP contribution in [0.1, 0.15) is 72.3 Å². The van der Waals surface area contributed by atoms with Crippen LogP contribution in [0.4, 0.5) is 11.6 Å². The van der Waals surface area contributed by atoms with Crippen molar-refractivity contribution in [1.29, 1.82) is 0 Å². The molecule has 0 aliphatic heterocycles. The normalized spacial score (nSPS) is 14.1. The summed E-state index contributed by atoms with van der Waals surface area (Å²) in [5.41, 5.74) is 24.4. The number of aliphatic hydroxyl groups excluding tert-OH is 4. The number of aliphatic imine (C=N–C) groups is 1. The second kappa shape index (κ2) is 24.3. The predicted molar refractivity (Wildman–Crippen MR) is 220 cm³/mol. The number of aromatic nitrogens is 2. The highest BCUT2D eigenvalue weighted by atomic mass is 16.4. The van der Waals surface area contributed by atoms with Crippen LogP contribution in [0.2, 0.25) is 0 Å². The molecular formula is C38H59N13O6. The first-order chi connectivity index (χ1) is 27.4. The molecule has 0 spiro atoms. The van der Waals surface area contributed by atoms with Crippen molar-refractivity contribution in [3.05, 3.63) is 71.0 Å². The molecule has 18 N–H and O–H groups in total. The van der Waals surface area contributed by atoms with E-state index in [9.17, 15) is 24.9 Å². The van der Waals surface area contributed by atoms with Gasteiger partial charge in [-0.25, -0.2) is 15.8 Å². The van der Waals surface area contributed by atoms with Crippen LogP contribution in [0.5, 0.6) is 0 Å². The van der Waals surface area contributed by atoms with E-state index >= 15 is 0 Å². The molecule has 312 valence electrons. The van der Waals surface area contributed by atoms with Crippen LogP contribution in [0.15, 0.2) is 58.6 Å². The zero-order chi connectivity index (χ0) is 41.7. The van der Waals surface area contributed by atoms with E-state index in [1.54, 1.807) is 6.92 Å². The minimum atomic E-state index is -1.36. The largest absolute Gasteiger partial charge is 0.396 e. The number of rotatable bonds is 23. The minimum absolute atomic E-state index is 0.0265. The standard InChI is InChI=1S/C38H59N13O6/c1-23-34(39)48-35(40)32(46-23)37(57)49-38(41)45-20-5-2-6-24-8-13-26(14-9-24)27-15-10-25(11-16-27)12-17-31(55)47-28(36(50-42)51-43)7-3-4-19-44-22-30(54)33(56)29(53)18-21-52/h8-11,13-16,28-30,33,44,52-54,56H,2-7,12,17-22,42-43H2,1H3,(H,47,55)(H,50,51)(H4,39,40,48)(H3,41,45,49,57). The highest BCUT2D eigenvalue weighted by molar-refractivity contribution is 6.06. The van der Waals surface area contributed by atoms with E-state index in [4.69, 9.17) is 34.0 Å². The van der Waals surface area contributed by atoms with E-state index in [1.165, 1.54) is 5.56 Å². The molecular weight excluding hydrogens is 735 g/mol. The van der Waals surface area contributed by atoms with E-state index in [0.29, 0.717) is 44.5 Å². The van der Waals surface area contributed by atoms with Gasteiger partial charge in [0.05, 0.1) is 23.9 Å². The SMILES string of the molecule is Cc1nc(C(=O)NC(N)=NCCCCc2ccc(-c3ccc(CCC(=O)NC(CCCCNCC(O)C(O)C(O)CCO)/C(=N/N)NN)cc3)cc2)c(N)nc1N. The van der Waals surface area contributed by atoms with Crippen molar-refractivity contribution in [2.45, 2.75) is 89.1 Å². The molecule has 0 saturated carbocycles. The van der Waals surface area contributed by atoms with Gasteiger partial charge in [0.2, 0.25) is 5.91 Å². The van der Waals surface area contributed by atoms with Gasteiger partial charge in [0.1, 0.15) is 11.9 Å². The molecule has 19 nitrogen and oxygen atoms in total. The molecule has 3 aromatic rings. The number of unbranched alkanes of at least 4 members (excludes halogenated alkanes) is 2. The number of hydrogen-bond donors (Lipinski definition) is 13. The molecule has 4 atom stereocenters. The number of hydrazine groups is 1. The first-order valence-corrected chi connectivity index (χ1v) is 18.9. The van der Waals surface area contributed by atoms with Crippen LogP contribution in [0, 0.1) is 6.92 Å². The molecule has 3 rings (SSSR count). The topological polar surface area (TPSA) is 344 Å². The van der Waals surface area contributed by atoms with Crippen molar-refractivity contribution >= 4 is 35.2 Å². The van der Waals surface area contributed by atoms with Crippen molar-refractivity contribution in [2.75, 3.05) is 37.7 Å². The lowest BCUT2D eigenvalue weighted by Crippen LogP contribution is -2.49. The monoisotopic (exact) mass is 793 g/mol. The predicted octanol–water partition coefficient (Wildman–Crippen LogP) is -0.938. The number of anilines is 2. The van der Waals surface area contributed by atoms with Crippen LogP contribution < -0.4 is 50.3 Å². The van der Waals surface area contributed by atoms with E-state index in [1.807, 2.05) is 24.3 Å². The highest BCUT2D eigenvalue weighted by Gasteiger charge is 2.24. The van der Waals surface area contributed by atoms with Gasteiger partial charge in [-0.1, -0.05) is 48.5 Å². The minimum Gasteiger partial charge on any atom is -0.396 e. The van der Waals surface area contributed by atoms with Crippen LogP contribution in [-0.2, 0) is 17.6 Å².